The van der Waals surface area contributed by atoms with Gasteiger partial charge >= 0.3 is 0 Å². The molecule has 0 saturated carbocycles. The van der Waals surface area contributed by atoms with Crippen molar-refractivity contribution in [2.24, 2.45) is 0 Å². The van der Waals surface area contributed by atoms with Crippen molar-refractivity contribution in [2.75, 3.05) is 6.54 Å². The molecular formula is C7H12N4. The van der Waals surface area contributed by atoms with E-state index in [2.05, 4.69) is 27.0 Å². The zero-order valence-corrected chi connectivity index (χ0v) is 6.83. The standard InChI is InChI=1S/C7H12N4/c1-5-3-8-4-7-10-9-6(2)11(5)7/h5,8H,3-4H2,1-2H3. The SMILES string of the molecule is Cc1nnc2n1C(C)CNC2. The Kier molecular flexibility index (Phi) is 1.42. The highest BCUT2D eigenvalue weighted by molar-refractivity contribution is 4.99. The predicted octanol–water partition coefficient (Wildman–Crippen LogP) is 0.251. The van der Waals surface area contributed by atoms with Gasteiger partial charge in [-0.1, -0.05) is 0 Å². The summed E-state index contributed by atoms with van der Waals surface area (Å²) in [4.78, 5) is 0. The Balaban J connectivity index is 2.48. The van der Waals surface area contributed by atoms with E-state index in [1.54, 1.807) is 0 Å². The van der Waals surface area contributed by atoms with E-state index < -0.39 is 0 Å². The van der Waals surface area contributed by atoms with Crippen LogP contribution in [0.15, 0.2) is 0 Å². The van der Waals surface area contributed by atoms with Gasteiger partial charge in [-0.25, -0.2) is 0 Å². The molecule has 0 amide bonds. The molecule has 1 aliphatic heterocycles. The second-order valence-corrected chi connectivity index (χ2v) is 3.01. The molecule has 0 saturated heterocycles. The predicted molar refractivity (Wildman–Crippen MR) is 41.2 cm³/mol. The molecule has 0 aromatic carbocycles. The fourth-order valence-electron chi connectivity index (χ4n) is 1.59. The second kappa shape index (κ2) is 2.30. The van der Waals surface area contributed by atoms with E-state index >= 15 is 0 Å². The van der Waals surface area contributed by atoms with Gasteiger partial charge in [0.1, 0.15) is 11.6 Å². The van der Waals surface area contributed by atoms with Crippen molar-refractivity contribution in [3.05, 3.63) is 11.6 Å². The Hall–Kier alpha value is -0.900. The number of nitrogens with one attached hydrogen (secondary N) is 1. The van der Waals surface area contributed by atoms with Crippen molar-refractivity contribution >= 4 is 0 Å². The zero-order chi connectivity index (χ0) is 7.84. The van der Waals surface area contributed by atoms with E-state index in [1.165, 1.54) is 0 Å². The monoisotopic (exact) mass is 152 g/mol. The van der Waals surface area contributed by atoms with E-state index in [0.717, 1.165) is 24.7 Å². The van der Waals surface area contributed by atoms with Crippen LogP contribution in [0.1, 0.15) is 24.6 Å². The minimum atomic E-state index is 0.494. The average Bonchev–Trinajstić information content (AvgIpc) is 2.34. The Morgan fingerprint density at radius 1 is 1.55 bits per heavy atom. The van der Waals surface area contributed by atoms with E-state index in [9.17, 15) is 0 Å². The third-order valence-electron chi connectivity index (χ3n) is 2.10. The maximum absolute atomic E-state index is 4.06. The van der Waals surface area contributed by atoms with Crippen LogP contribution < -0.4 is 5.32 Å². The summed E-state index contributed by atoms with van der Waals surface area (Å²) in [5.74, 6) is 2.08. The highest BCUT2D eigenvalue weighted by atomic mass is 15.3. The summed E-state index contributed by atoms with van der Waals surface area (Å²) < 4.78 is 2.19. The fourth-order valence-corrected chi connectivity index (χ4v) is 1.59. The van der Waals surface area contributed by atoms with Gasteiger partial charge < -0.3 is 9.88 Å². The molecule has 0 fully saturated rings. The molecule has 2 heterocycles. The molecule has 4 nitrogen and oxygen atoms in total. The fraction of sp³-hybridized carbons (Fsp3) is 0.714. The van der Waals surface area contributed by atoms with E-state index in [-0.39, 0.29) is 0 Å². The highest BCUT2D eigenvalue weighted by Gasteiger charge is 2.18. The molecule has 0 aliphatic carbocycles. The lowest BCUT2D eigenvalue weighted by molar-refractivity contribution is 0.415. The lowest BCUT2D eigenvalue weighted by Gasteiger charge is -2.22. The third kappa shape index (κ3) is 0.939. The first kappa shape index (κ1) is 6.79. The van der Waals surface area contributed by atoms with Crippen molar-refractivity contribution < 1.29 is 0 Å². The molecule has 0 bridgehead atoms. The summed E-state index contributed by atoms with van der Waals surface area (Å²) >= 11 is 0. The number of hydrogen-bond donors (Lipinski definition) is 1. The minimum Gasteiger partial charge on any atom is -0.310 e. The lowest BCUT2D eigenvalue weighted by atomic mass is 10.2. The number of hydrogen-bond acceptors (Lipinski definition) is 3. The number of fused-ring (bicyclic) bond motifs is 1. The van der Waals surface area contributed by atoms with Crippen LogP contribution >= 0.6 is 0 Å². The highest BCUT2D eigenvalue weighted by Crippen LogP contribution is 2.14. The quantitative estimate of drug-likeness (QED) is 0.579. The normalized spacial score (nSPS) is 23.3. The summed E-state index contributed by atoms with van der Waals surface area (Å²) in [6.45, 7) is 6.04. The van der Waals surface area contributed by atoms with E-state index in [1.807, 2.05) is 6.92 Å². The lowest BCUT2D eigenvalue weighted by Crippen LogP contribution is -2.32. The van der Waals surface area contributed by atoms with Crippen LogP contribution in [0.25, 0.3) is 0 Å². The van der Waals surface area contributed by atoms with Crippen molar-refractivity contribution in [3.63, 3.8) is 0 Å². The maximum atomic E-state index is 4.06. The molecule has 2 rings (SSSR count). The first-order valence-electron chi connectivity index (χ1n) is 3.90. The first-order valence-corrected chi connectivity index (χ1v) is 3.90. The Morgan fingerprint density at radius 2 is 2.36 bits per heavy atom. The van der Waals surface area contributed by atoms with Crippen molar-refractivity contribution in [1.82, 2.24) is 20.1 Å². The van der Waals surface area contributed by atoms with Crippen LogP contribution in [-0.4, -0.2) is 21.3 Å². The molecule has 1 unspecified atom stereocenters. The van der Waals surface area contributed by atoms with Crippen molar-refractivity contribution in [3.8, 4) is 0 Å². The molecule has 0 spiro atoms. The summed E-state index contributed by atoms with van der Waals surface area (Å²) in [7, 11) is 0. The number of rotatable bonds is 0. The van der Waals surface area contributed by atoms with Gasteiger partial charge in [0.05, 0.1) is 6.54 Å². The molecule has 4 heteroatoms. The smallest absolute Gasteiger partial charge is 0.147 e. The van der Waals surface area contributed by atoms with Crippen LogP contribution in [0.3, 0.4) is 0 Å². The summed E-state index contributed by atoms with van der Waals surface area (Å²) in [5, 5.41) is 11.4. The molecule has 0 radical (unpaired) electrons. The summed E-state index contributed by atoms with van der Waals surface area (Å²) in [5.41, 5.74) is 0. The minimum absolute atomic E-state index is 0.494. The topological polar surface area (TPSA) is 42.7 Å². The van der Waals surface area contributed by atoms with Crippen LogP contribution in [0.2, 0.25) is 0 Å². The molecule has 1 N–H and O–H groups in total. The van der Waals surface area contributed by atoms with Gasteiger partial charge in [0.2, 0.25) is 0 Å². The van der Waals surface area contributed by atoms with Gasteiger partial charge in [0.15, 0.2) is 0 Å². The third-order valence-corrected chi connectivity index (χ3v) is 2.10. The first-order chi connectivity index (χ1) is 5.29. The largest absolute Gasteiger partial charge is 0.310 e. The van der Waals surface area contributed by atoms with Crippen molar-refractivity contribution in [1.29, 1.82) is 0 Å². The molecule has 1 aliphatic rings. The van der Waals surface area contributed by atoms with E-state index in [0.29, 0.717) is 6.04 Å². The van der Waals surface area contributed by atoms with Crippen LogP contribution in [-0.2, 0) is 6.54 Å². The molecule has 1 aromatic rings. The van der Waals surface area contributed by atoms with E-state index in [4.69, 9.17) is 0 Å². The van der Waals surface area contributed by atoms with Crippen LogP contribution in [0.5, 0.6) is 0 Å². The van der Waals surface area contributed by atoms with Gasteiger partial charge in [0, 0.05) is 12.6 Å². The van der Waals surface area contributed by atoms with Crippen molar-refractivity contribution in [2.45, 2.75) is 26.4 Å². The van der Waals surface area contributed by atoms with Gasteiger partial charge in [-0.15, -0.1) is 10.2 Å². The van der Waals surface area contributed by atoms with Gasteiger partial charge in [-0.05, 0) is 13.8 Å². The number of aromatic nitrogens is 3. The Morgan fingerprint density at radius 3 is 3.09 bits per heavy atom. The summed E-state index contributed by atoms with van der Waals surface area (Å²) in [6.07, 6.45) is 0. The zero-order valence-electron chi connectivity index (χ0n) is 6.83. The average molecular weight is 152 g/mol. The molecule has 60 valence electrons. The Bertz CT molecular complexity index is 265. The van der Waals surface area contributed by atoms with Crippen LogP contribution in [0.4, 0.5) is 0 Å². The Labute approximate surface area is 65.6 Å². The second-order valence-electron chi connectivity index (χ2n) is 3.01. The molecule has 1 atom stereocenters. The van der Waals surface area contributed by atoms with Gasteiger partial charge in [-0.3, -0.25) is 0 Å². The molecule has 1 aromatic heterocycles. The maximum Gasteiger partial charge on any atom is 0.147 e. The van der Waals surface area contributed by atoms with Gasteiger partial charge in [-0.2, -0.15) is 0 Å². The molecule has 11 heavy (non-hydrogen) atoms. The van der Waals surface area contributed by atoms with Crippen LogP contribution in [0, 0.1) is 6.92 Å². The molecular weight excluding hydrogens is 140 g/mol. The number of aryl methyl sites for hydroxylation is 1. The van der Waals surface area contributed by atoms with Gasteiger partial charge in [0.25, 0.3) is 0 Å². The summed E-state index contributed by atoms with van der Waals surface area (Å²) in [6, 6.07) is 0.494. The number of nitrogens with zero attached hydrogens (tertiary/aromatic N) is 3.